The molecular formula is C10H10ClNO5S. The van der Waals surface area contributed by atoms with E-state index in [9.17, 15) is 13.2 Å². The van der Waals surface area contributed by atoms with Crippen LogP contribution in [0.2, 0.25) is 0 Å². The van der Waals surface area contributed by atoms with E-state index >= 15 is 0 Å². The largest absolute Gasteiger partial charge is 0.464 e. The fraction of sp³-hybridized carbons (Fsp3) is 0.200. The average molecular weight is 292 g/mol. The van der Waals surface area contributed by atoms with Crippen molar-refractivity contribution in [1.29, 1.82) is 0 Å². The molecule has 0 aliphatic rings. The van der Waals surface area contributed by atoms with E-state index in [1.54, 1.807) is 30.3 Å². The number of methoxy groups -OCH3 is 1. The maximum Gasteiger partial charge on any atom is 0.372 e. The first-order valence-corrected chi connectivity index (χ1v) is 6.67. The molecule has 0 aliphatic carbocycles. The molecule has 0 radical (unpaired) electrons. The van der Waals surface area contributed by atoms with Gasteiger partial charge in [0.1, 0.15) is 5.75 Å². The van der Waals surface area contributed by atoms with E-state index in [4.69, 9.17) is 11.6 Å². The summed E-state index contributed by atoms with van der Waals surface area (Å²) >= 11 is 5.33. The molecular weight excluding hydrogens is 282 g/mol. The van der Waals surface area contributed by atoms with Crippen molar-refractivity contribution in [2.24, 2.45) is 5.16 Å². The molecule has 98 valence electrons. The molecule has 0 spiro atoms. The van der Waals surface area contributed by atoms with Crippen molar-refractivity contribution in [3.63, 3.8) is 0 Å². The molecule has 8 heteroatoms. The van der Waals surface area contributed by atoms with Gasteiger partial charge in [0.05, 0.1) is 7.11 Å². The number of hydrogen-bond acceptors (Lipinski definition) is 6. The molecule has 6 nitrogen and oxygen atoms in total. The molecule has 0 aromatic heterocycles. The molecule has 0 saturated carbocycles. The fourth-order valence-electron chi connectivity index (χ4n) is 1.02. The van der Waals surface area contributed by atoms with Gasteiger partial charge in [-0.05, 0) is 10.7 Å². The molecule has 0 bridgehead atoms. The predicted octanol–water partition coefficient (Wildman–Crippen LogP) is 1.26. The van der Waals surface area contributed by atoms with Crippen LogP contribution in [0.4, 0.5) is 0 Å². The summed E-state index contributed by atoms with van der Waals surface area (Å²) in [6.07, 6.45) is 0. The van der Waals surface area contributed by atoms with Crippen LogP contribution in [0, 0.1) is 0 Å². The second-order valence-corrected chi connectivity index (χ2v) is 5.05. The summed E-state index contributed by atoms with van der Waals surface area (Å²) in [6, 6.07) is 8.37. The Morgan fingerprint density at radius 1 is 1.33 bits per heavy atom. The number of rotatable bonds is 5. The predicted molar refractivity (Wildman–Crippen MR) is 65.5 cm³/mol. The van der Waals surface area contributed by atoms with Crippen molar-refractivity contribution in [3.8, 4) is 0 Å². The zero-order valence-electron chi connectivity index (χ0n) is 9.37. The summed E-state index contributed by atoms with van der Waals surface area (Å²) in [5.41, 5.74) is 0.530. The molecule has 0 aliphatic heterocycles. The molecule has 1 aromatic rings. The molecule has 0 amide bonds. The lowest BCUT2D eigenvalue weighted by Gasteiger charge is -2.01. The summed E-state index contributed by atoms with van der Waals surface area (Å²) in [5, 5.41) is 2.28. The highest BCUT2D eigenvalue weighted by atomic mass is 35.5. The van der Waals surface area contributed by atoms with Crippen LogP contribution in [0.5, 0.6) is 0 Å². The van der Waals surface area contributed by atoms with Crippen molar-refractivity contribution in [1.82, 2.24) is 0 Å². The van der Waals surface area contributed by atoms with Gasteiger partial charge >= 0.3 is 16.1 Å². The molecule has 0 unspecified atom stereocenters. The van der Waals surface area contributed by atoms with Crippen LogP contribution in [0.15, 0.2) is 35.5 Å². The average Bonchev–Trinajstić information content (AvgIpc) is 2.35. The van der Waals surface area contributed by atoms with E-state index in [1.165, 1.54) is 0 Å². The summed E-state index contributed by atoms with van der Waals surface area (Å²) in [4.78, 5) is 10.8. The first-order chi connectivity index (χ1) is 8.44. The molecule has 1 rings (SSSR count). The van der Waals surface area contributed by atoms with E-state index in [-0.39, 0.29) is 5.75 Å². The van der Waals surface area contributed by atoms with Crippen LogP contribution in [0.1, 0.15) is 5.56 Å². The van der Waals surface area contributed by atoms with Gasteiger partial charge in [-0.3, -0.25) is 4.28 Å². The molecule has 0 N–H and O–H groups in total. The lowest BCUT2D eigenvalue weighted by atomic mass is 10.2. The third-order valence-corrected chi connectivity index (χ3v) is 2.98. The van der Waals surface area contributed by atoms with E-state index in [2.05, 4.69) is 14.2 Å². The summed E-state index contributed by atoms with van der Waals surface area (Å²) in [6.45, 7) is 0. The Morgan fingerprint density at radius 2 is 1.94 bits per heavy atom. The lowest BCUT2D eigenvalue weighted by molar-refractivity contribution is -0.132. The van der Waals surface area contributed by atoms with E-state index in [1.807, 2.05) is 0 Å². The summed E-state index contributed by atoms with van der Waals surface area (Å²) < 4.78 is 31.4. The van der Waals surface area contributed by atoms with E-state index in [0.717, 1.165) is 7.11 Å². The number of carbonyl (C=O) groups is 1. The van der Waals surface area contributed by atoms with Crippen molar-refractivity contribution in [3.05, 3.63) is 35.9 Å². The van der Waals surface area contributed by atoms with Crippen LogP contribution in [-0.2, 0) is 29.7 Å². The molecule has 0 atom stereocenters. The zero-order valence-corrected chi connectivity index (χ0v) is 10.9. The molecule has 0 saturated heterocycles. The number of ether oxygens (including phenoxy) is 1. The fourth-order valence-corrected chi connectivity index (χ4v) is 2.01. The Hall–Kier alpha value is -1.60. The maximum atomic E-state index is 11.5. The Morgan fingerprint density at radius 3 is 2.50 bits per heavy atom. The minimum atomic E-state index is -3.95. The van der Waals surface area contributed by atoms with Crippen LogP contribution >= 0.6 is 11.6 Å². The van der Waals surface area contributed by atoms with E-state index in [0.29, 0.717) is 5.56 Å². The van der Waals surface area contributed by atoms with Gasteiger partial charge in [-0.25, -0.2) is 4.79 Å². The van der Waals surface area contributed by atoms with Gasteiger partial charge in [-0.2, -0.15) is 8.42 Å². The summed E-state index contributed by atoms with van der Waals surface area (Å²) in [5.74, 6) is -1.35. The van der Waals surface area contributed by atoms with Gasteiger partial charge < -0.3 is 4.74 Å². The van der Waals surface area contributed by atoms with Gasteiger partial charge in [0.25, 0.3) is 5.17 Å². The maximum absolute atomic E-state index is 11.5. The Kier molecular flexibility index (Phi) is 5.11. The van der Waals surface area contributed by atoms with Gasteiger partial charge in [0.2, 0.25) is 0 Å². The third kappa shape index (κ3) is 4.72. The van der Waals surface area contributed by atoms with E-state index < -0.39 is 21.3 Å². The highest BCUT2D eigenvalue weighted by Crippen LogP contribution is 2.08. The van der Waals surface area contributed by atoms with Crippen molar-refractivity contribution >= 4 is 32.9 Å². The van der Waals surface area contributed by atoms with Gasteiger partial charge in [0, 0.05) is 0 Å². The molecule has 0 heterocycles. The van der Waals surface area contributed by atoms with Crippen LogP contribution in [-0.4, -0.2) is 26.7 Å². The number of nitrogens with zero attached hydrogens (tertiary/aromatic N) is 1. The highest BCUT2D eigenvalue weighted by Gasteiger charge is 2.15. The second kappa shape index (κ2) is 6.36. The second-order valence-electron chi connectivity index (χ2n) is 3.14. The highest BCUT2D eigenvalue weighted by molar-refractivity contribution is 7.85. The Labute approximate surface area is 109 Å². The topological polar surface area (TPSA) is 82.0 Å². The van der Waals surface area contributed by atoms with Crippen LogP contribution < -0.4 is 0 Å². The van der Waals surface area contributed by atoms with Gasteiger partial charge in [0.15, 0.2) is 0 Å². The number of halogens is 1. The number of carbonyl (C=O) groups excluding carboxylic acids is 1. The standard InChI is InChI=1S/C10H10ClNO5S/c1-16-10(13)9(11)12-17-18(14,15)7-8-5-3-2-4-6-8/h2-6H,7H2,1H3/b12-9-. The number of oxime groups is 1. The lowest BCUT2D eigenvalue weighted by Crippen LogP contribution is -2.12. The summed E-state index contributed by atoms with van der Waals surface area (Å²) in [7, 11) is -2.87. The molecule has 0 fully saturated rings. The Bertz CT molecular complexity index is 541. The SMILES string of the molecule is COC(=O)/C(Cl)=N/OS(=O)(=O)Cc1ccccc1. The van der Waals surface area contributed by atoms with Crippen LogP contribution in [0.3, 0.4) is 0 Å². The third-order valence-electron chi connectivity index (χ3n) is 1.77. The van der Waals surface area contributed by atoms with Crippen LogP contribution in [0.25, 0.3) is 0 Å². The minimum Gasteiger partial charge on any atom is -0.464 e. The smallest absolute Gasteiger partial charge is 0.372 e. The van der Waals surface area contributed by atoms with Gasteiger partial charge in [-0.15, -0.1) is 0 Å². The molecule has 18 heavy (non-hydrogen) atoms. The molecule has 1 aromatic carbocycles. The Balaban J connectivity index is 2.69. The number of esters is 1. The zero-order chi connectivity index (χ0) is 13.6. The number of benzene rings is 1. The first kappa shape index (κ1) is 14.5. The monoisotopic (exact) mass is 291 g/mol. The normalized spacial score (nSPS) is 12.0. The quantitative estimate of drug-likeness (QED) is 0.463. The van der Waals surface area contributed by atoms with Crippen molar-refractivity contribution in [2.75, 3.05) is 7.11 Å². The minimum absolute atomic E-state index is 0.372. The van der Waals surface area contributed by atoms with Crippen molar-refractivity contribution in [2.45, 2.75) is 5.75 Å². The number of hydrogen-bond donors (Lipinski definition) is 0. The van der Waals surface area contributed by atoms with Gasteiger partial charge in [-0.1, -0.05) is 41.9 Å². The first-order valence-electron chi connectivity index (χ1n) is 4.71. The van der Waals surface area contributed by atoms with Crippen molar-refractivity contribution < 1.29 is 22.2 Å².